The van der Waals surface area contributed by atoms with E-state index < -0.39 is 0 Å². The molecule has 5 nitrogen and oxygen atoms in total. The first-order valence-electron chi connectivity index (χ1n) is 9.85. The molecule has 0 saturated carbocycles. The van der Waals surface area contributed by atoms with Gasteiger partial charge in [-0.2, -0.15) is 0 Å². The van der Waals surface area contributed by atoms with Crippen molar-refractivity contribution in [3.63, 3.8) is 0 Å². The number of thiophene rings is 1. The zero-order valence-corrected chi connectivity index (χ0v) is 17.8. The molecule has 0 radical (unpaired) electrons. The van der Waals surface area contributed by atoms with Gasteiger partial charge in [-0.1, -0.05) is 29.8 Å². The lowest BCUT2D eigenvalue weighted by molar-refractivity contribution is -0.123. The minimum absolute atomic E-state index is 0.0391. The standard InChI is InChI=1S/C22H26ClN3O2S/c23-19-7-2-1-6-18(19)20-10-8-17(29-20)9-11-21(27)25-12-4-14-26-13-3-5-16(15-26)22(24)28/h1-2,6-11,16H,3-5,12-15H2,(H2,24,28)(H,25,27)/b11-9+. The number of hydrogen-bond acceptors (Lipinski definition) is 4. The van der Waals surface area contributed by atoms with Crippen molar-refractivity contribution < 1.29 is 9.59 Å². The molecular formula is C22H26ClN3O2S. The van der Waals surface area contributed by atoms with E-state index in [1.165, 1.54) is 0 Å². The Kier molecular flexibility index (Phi) is 7.86. The Morgan fingerprint density at radius 3 is 2.90 bits per heavy atom. The fourth-order valence-electron chi connectivity index (χ4n) is 3.47. The van der Waals surface area contributed by atoms with Crippen LogP contribution in [0.25, 0.3) is 16.5 Å². The van der Waals surface area contributed by atoms with Crippen LogP contribution < -0.4 is 11.1 Å². The highest BCUT2D eigenvalue weighted by atomic mass is 35.5. The number of halogens is 1. The second-order valence-corrected chi connectivity index (χ2v) is 8.72. The van der Waals surface area contributed by atoms with Gasteiger partial charge in [0.15, 0.2) is 0 Å². The third-order valence-corrected chi connectivity index (χ3v) is 6.44. The lowest BCUT2D eigenvalue weighted by atomic mass is 9.97. The molecule has 1 atom stereocenters. The van der Waals surface area contributed by atoms with Gasteiger partial charge in [0.1, 0.15) is 0 Å². The molecule has 7 heteroatoms. The summed E-state index contributed by atoms with van der Waals surface area (Å²) in [4.78, 5) is 27.7. The van der Waals surface area contributed by atoms with Crippen LogP contribution in [0.3, 0.4) is 0 Å². The fourth-order valence-corrected chi connectivity index (χ4v) is 4.71. The number of rotatable bonds is 8. The lowest BCUT2D eigenvalue weighted by Crippen LogP contribution is -2.42. The highest BCUT2D eigenvalue weighted by molar-refractivity contribution is 7.16. The Hall–Kier alpha value is -2.15. The minimum atomic E-state index is -0.209. The quantitative estimate of drug-likeness (QED) is 0.493. The van der Waals surface area contributed by atoms with Crippen LogP contribution in [-0.2, 0) is 9.59 Å². The van der Waals surface area contributed by atoms with Gasteiger partial charge in [0.25, 0.3) is 0 Å². The Bertz CT molecular complexity index is 880. The maximum atomic E-state index is 12.1. The zero-order chi connectivity index (χ0) is 20.6. The number of benzene rings is 1. The van der Waals surface area contributed by atoms with E-state index in [-0.39, 0.29) is 17.7 Å². The van der Waals surface area contributed by atoms with E-state index in [1.807, 2.05) is 42.5 Å². The smallest absolute Gasteiger partial charge is 0.244 e. The van der Waals surface area contributed by atoms with E-state index in [1.54, 1.807) is 17.4 Å². The van der Waals surface area contributed by atoms with Gasteiger partial charge in [0.2, 0.25) is 11.8 Å². The third kappa shape index (κ3) is 6.42. The van der Waals surface area contributed by atoms with Crippen LogP contribution in [0.4, 0.5) is 0 Å². The Labute approximate surface area is 180 Å². The first kappa shape index (κ1) is 21.6. The predicted molar refractivity (Wildman–Crippen MR) is 120 cm³/mol. The average molecular weight is 432 g/mol. The molecule has 0 spiro atoms. The topological polar surface area (TPSA) is 75.4 Å². The molecule has 1 aliphatic rings. The highest BCUT2D eigenvalue weighted by Crippen LogP contribution is 2.33. The van der Waals surface area contributed by atoms with Gasteiger partial charge in [0.05, 0.1) is 5.92 Å². The number of piperidine rings is 1. The van der Waals surface area contributed by atoms with E-state index in [4.69, 9.17) is 17.3 Å². The summed E-state index contributed by atoms with van der Waals surface area (Å²) < 4.78 is 0. The third-order valence-electron chi connectivity index (χ3n) is 5.02. The second-order valence-electron chi connectivity index (χ2n) is 7.20. The summed E-state index contributed by atoms with van der Waals surface area (Å²) in [5.41, 5.74) is 6.41. The lowest BCUT2D eigenvalue weighted by Gasteiger charge is -2.31. The molecule has 1 unspecified atom stereocenters. The molecule has 0 bridgehead atoms. The number of primary amides is 1. The first-order chi connectivity index (χ1) is 14.0. The van der Waals surface area contributed by atoms with E-state index in [9.17, 15) is 9.59 Å². The molecule has 1 aromatic carbocycles. The highest BCUT2D eigenvalue weighted by Gasteiger charge is 2.23. The molecule has 1 aliphatic heterocycles. The molecule has 3 rings (SSSR count). The molecule has 29 heavy (non-hydrogen) atoms. The number of carbonyl (C=O) groups is 2. The van der Waals surface area contributed by atoms with Crippen molar-refractivity contribution >= 4 is 40.8 Å². The monoisotopic (exact) mass is 431 g/mol. The maximum Gasteiger partial charge on any atom is 0.244 e. The fraction of sp³-hybridized carbons (Fsp3) is 0.364. The molecule has 1 saturated heterocycles. The summed E-state index contributed by atoms with van der Waals surface area (Å²) >= 11 is 7.84. The summed E-state index contributed by atoms with van der Waals surface area (Å²) in [5.74, 6) is -0.353. The number of carbonyl (C=O) groups excluding carboxylic acids is 2. The van der Waals surface area contributed by atoms with Crippen molar-refractivity contribution in [2.45, 2.75) is 19.3 Å². The van der Waals surface area contributed by atoms with Crippen molar-refractivity contribution in [2.24, 2.45) is 11.7 Å². The van der Waals surface area contributed by atoms with E-state index in [2.05, 4.69) is 10.2 Å². The van der Waals surface area contributed by atoms with Crippen molar-refractivity contribution in [3.05, 3.63) is 52.4 Å². The Morgan fingerprint density at radius 1 is 1.28 bits per heavy atom. The van der Waals surface area contributed by atoms with Gasteiger partial charge >= 0.3 is 0 Å². The average Bonchev–Trinajstić information content (AvgIpc) is 3.19. The van der Waals surface area contributed by atoms with Gasteiger partial charge in [0, 0.05) is 39.5 Å². The van der Waals surface area contributed by atoms with Crippen LogP contribution in [0.2, 0.25) is 5.02 Å². The van der Waals surface area contributed by atoms with Crippen LogP contribution in [0.1, 0.15) is 24.1 Å². The number of likely N-dealkylation sites (tertiary alicyclic amines) is 1. The van der Waals surface area contributed by atoms with Crippen molar-refractivity contribution in [1.82, 2.24) is 10.2 Å². The van der Waals surface area contributed by atoms with Crippen LogP contribution in [-0.4, -0.2) is 42.9 Å². The molecule has 154 valence electrons. The molecule has 1 fully saturated rings. The van der Waals surface area contributed by atoms with Gasteiger partial charge in [-0.3, -0.25) is 9.59 Å². The van der Waals surface area contributed by atoms with E-state index >= 15 is 0 Å². The number of nitrogens with two attached hydrogens (primary N) is 1. The summed E-state index contributed by atoms with van der Waals surface area (Å²) in [6.45, 7) is 3.19. The van der Waals surface area contributed by atoms with Crippen LogP contribution in [0.15, 0.2) is 42.5 Å². The number of nitrogens with one attached hydrogen (secondary N) is 1. The number of amides is 2. The normalized spacial score (nSPS) is 17.5. The molecule has 2 heterocycles. The van der Waals surface area contributed by atoms with E-state index in [0.717, 1.165) is 59.2 Å². The van der Waals surface area contributed by atoms with Crippen molar-refractivity contribution in [2.75, 3.05) is 26.2 Å². The summed E-state index contributed by atoms with van der Waals surface area (Å²) in [6.07, 6.45) is 6.11. The molecule has 0 aliphatic carbocycles. The van der Waals surface area contributed by atoms with Gasteiger partial charge in [-0.25, -0.2) is 0 Å². The second kappa shape index (κ2) is 10.6. The summed E-state index contributed by atoms with van der Waals surface area (Å²) in [7, 11) is 0. The number of hydrogen-bond donors (Lipinski definition) is 2. The Morgan fingerprint density at radius 2 is 2.10 bits per heavy atom. The Balaban J connectivity index is 1.40. The molecular weight excluding hydrogens is 406 g/mol. The maximum absolute atomic E-state index is 12.1. The van der Waals surface area contributed by atoms with Gasteiger partial charge < -0.3 is 16.0 Å². The molecule has 2 aromatic rings. The van der Waals surface area contributed by atoms with Crippen molar-refractivity contribution in [3.8, 4) is 10.4 Å². The zero-order valence-electron chi connectivity index (χ0n) is 16.3. The SMILES string of the molecule is NC(=O)C1CCCN(CCCNC(=O)/C=C/c2ccc(-c3ccccc3Cl)s2)C1. The molecule has 1 aromatic heterocycles. The summed E-state index contributed by atoms with van der Waals surface area (Å²) in [5, 5.41) is 3.63. The molecule has 2 amide bonds. The predicted octanol–water partition coefficient (Wildman–Crippen LogP) is 3.79. The first-order valence-corrected chi connectivity index (χ1v) is 11.0. The largest absolute Gasteiger partial charge is 0.369 e. The van der Waals surface area contributed by atoms with Crippen molar-refractivity contribution in [1.29, 1.82) is 0 Å². The van der Waals surface area contributed by atoms with Crippen LogP contribution in [0, 0.1) is 5.92 Å². The molecule has 3 N–H and O–H groups in total. The summed E-state index contributed by atoms with van der Waals surface area (Å²) in [6, 6.07) is 11.7. The van der Waals surface area contributed by atoms with E-state index in [0.29, 0.717) is 6.54 Å². The minimum Gasteiger partial charge on any atom is -0.369 e. The van der Waals surface area contributed by atoms with Gasteiger partial charge in [-0.05, 0) is 56.6 Å². The van der Waals surface area contributed by atoms with Crippen LogP contribution >= 0.6 is 22.9 Å². The number of nitrogens with zero attached hydrogens (tertiary/aromatic N) is 1. The van der Waals surface area contributed by atoms with Gasteiger partial charge in [-0.15, -0.1) is 11.3 Å². The van der Waals surface area contributed by atoms with Crippen LogP contribution in [0.5, 0.6) is 0 Å².